The van der Waals surface area contributed by atoms with E-state index in [1.807, 2.05) is 37.6 Å². The van der Waals surface area contributed by atoms with E-state index in [-0.39, 0.29) is 0 Å². The minimum atomic E-state index is 0.307. The van der Waals surface area contributed by atoms with Gasteiger partial charge in [0.05, 0.1) is 5.69 Å². The van der Waals surface area contributed by atoms with Crippen LogP contribution in [0.1, 0.15) is 29.8 Å². The second kappa shape index (κ2) is 5.55. The number of hydrogen-bond donors (Lipinski definition) is 1. The predicted molar refractivity (Wildman–Crippen MR) is 68.5 cm³/mol. The van der Waals surface area contributed by atoms with Crippen LogP contribution in [0.15, 0.2) is 42.9 Å². The zero-order valence-corrected chi connectivity index (χ0v) is 10.2. The van der Waals surface area contributed by atoms with Gasteiger partial charge in [0.1, 0.15) is 0 Å². The van der Waals surface area contributed by atoms with Gasteiger partial charge in [0.25, 0.3) is 0 Å². The molecule has 2 heterocycles. The van der Waals surface area contributed by atoms with Gasteiger partial charge >= 0.3 is 0 Å². The zero-order chi connectivity index (χ0) is 12.1. The smallest absolute Gasteiger partial charge is 0.0542 e. The van der Waals surface area contributed by atoms with Gasteiger partial charge in [-0.25, -0.2) is 0 Å². The molecular weight excluding hydrogens is 210 g/mol. The van der Waals surface area contributed by atoms with Gasteiger partial charge in [0.2, 0.25) is 0 Å². The second-order valence-electron chi connectivity index (χ2n) is 4.21. The summed E-state index contributed by atoms with van der Waals surface area (Å²) in [5.41, 5.74) is 3.50. The molecule has 0 spiro atoms. The molecule has 88 valence electrons. The lowest BCUT2D eigenvalue weighted by atomic mass is 10.1. The number of aromatic nitrogens is 2. The Morgan fingerprint density at radius 1 is 1.18 bits per heavy atom. The minimum absolute atomic E-state index is 0.307. The van der Waals surface area contributed by atoms with Gasteiger partial charge in [-0.05, 0) is 43.2 Å². The van der Waals surface area contributed by atoms with E-state index in [4.69, 9.17) is 0 Å². The van der Waals surface area contributed by atoms with Crippen molar-refractivity contribution in [3.63, 3.8) is 0 Å². The molecule has 0 unspecified atom stereocenters. The van der Waals surface area contributed by atoms with Crippen molar-refractivity contribution in [2.75, 3.05) is 0 Å². The fraction of sp³-hybridized carbons (Fsp3) is 0.286. The third kappa shape index (κ3) is 3.36. The first-order chi connectivity index (χ1) is 8.25. The molecule has 2 aromatic rings. The predicted octanol–water partition coefficient (Wildman–Crippen LogP) is 2.64. The maximum absolute atomic E-state index is 4.37. The molecule has 0 fully saturated rings. The molecule has 0 saturated carbocycles. The molecule has 0 saturated heterocycles. The summed E-state index contributed by atoms with van der Waals surface area (Å²) in [6, 6.07) is 8.50. The summed E-state index contributed by atoms with van der Waals surface area (Å²) in [5.74, 6) is 0. The third-order valence-electron chi connectivity index (χ3n) is 2.77. The summed E-state index contributed by atoms with van der Waals surface area (Å²) >= 11 is 0. The number of aryl methyl sites for hydroxylation is 1. The fourth-order valence-electron chi connectivity index (χ4n) is 1.63. The van der Waals surface area contributed by atoms with Gasteiger partial charge in [-0.1, -0.05) is 6.07 Å². The van der Waals surface area contributed by atoms with Crippen LogP contribution in [0, 0.1) is 6.92 Å². The van der Waals surface area contributed by atoms with Gasteiger partial charge < -0.3 is 5.32 Å². The highest BCUT2D eigenvalue weighted by molar-refractivity contribution is 5.15. The van der Waals surface area contributed by atoms with E-state index in [2.05, 4.69) is 34.3 Å². The summed E-state index contributed by atoms with van der Waals surface area (Å²) in [6.45, 7) is 4.97. The fourth-order valence-corrected chi connectivity index (χ4v) is 1.63. The third-order valence-corrected chi connectivity index (χ3v) is 2.77. The van der Waals surface area contributed by atoms with Crippen molar-refractivity contribution in [2.24, 2.45) is 0 Å². The summed E-state index contributed by atoms with van der Waals surface area (Å²) in [6.07, 6.45) is 5.53. The molecule has 0 radical (unpaired) electrons. The lowest BCUT2D eigenvalue weighted by molar-refractivity contribution is 0.567. The Morgan fingerprint density at radius 3 is 2.59 bits per heavy atom. The largest absolute Gasteiger partial charge is 0.305 e. The number of nitrogens with one attached hydrogen (secondary N) is 1. The first-order valence-corrected chi connectivity index (χ1v) is 5.80. The SMILES string of the molecule is Cc1ccc(CN[C@@H](C)c2ccncc2)nc1. The first kappa shape index (κ1) is 11.7. The molecule has 2 rings (SSSR count). The van der Waals surface area contributed by atoms with E-state index in [0.29, 0.717) is 6.04 Å². The summed E-state index contributed by atoms with van der Waals surface area (Å²) in [4.78, 5) is 8.38. The lowest BCUT2D eigenvalue weighted by Crippen LogP contribution is -2.18. The minimum Gasteiger partial charge on any atom is -0.305 e. The van der Waals surface area contributed by atoms with Crippen LogP contribution in [0.25, 0.3) is 0 Å². The summed E-state index contributed by atoms with van der Waals surface area (Å²) in [5, 5.41) is 3.44. The number of nitrogens with zero attached hydrogens (tertiary/aromatic N) is 2. The monoisotopic (exact) mass is 227 g/mol. The van der Waals surface area contributed by atoms with Gasteiger partial charge in [0.15, 0.2) is 0 Å². The first-order valence-electron chi connectivity index (χ1n) is 5.80. The zero-order valence-electron chi connectivity index (χ0n) is 10.2. The van der Waals surface area contributed by atoms with Crippen LogP contribution in [-0.2, 0) is 6.54 Å². The van der Waals surface area contributed by atoms with Crippen LogP contribution in [0.4, 0.5) is 0 Å². The van der Waals surface area contributed by atoms with Crippen LogP contribution < -0.4 is 5.32 Å². The average molecular weight is 227 g/mol. The maximum Gasteiger partial charge on any atom is 0.0542 e. The van der Waals surface area contributed by atoms with Gasteiger partial charge in [-0.3, -0.25) is 9.97 Å². The van der Waals surface area contributed by atoms with E-state index in [1.54, 1.807) is 0 Å². The molecule has 2 aromatic heterocycles. The van der Waals surface area contributed by atoms with Crippen LogP contribution in [0.3, 0.4) is 0 Å². The quantitative estimate of drug-likeness (QED) is 0.872. The van der Waals surface area contributed by atoms with E-state index < -0.39 is 0 Å². The molecule has 1 atom stereocenters. The Bertz CT molecular complexity index is 451. The topological polar surface area (TPSA) is 37.8 Å². The molecule has 0 aliphatic heterocycles. The number of pyridine rings is 2. The van der Waals surface area contributed by atoms with Crippen LogP contribution in [0.2, 0.25) is 0 Å². The van der Waals surface area contributed by atoms with Crippen molar-refractivity contribution in [1.29, 1.82) is 0 Å². The molecule has 3 nitrogen and oxygen atoms in total. The van der Waals surface area contributed by atoms with Gasteiger partial charge in [-0.15, -0.1) is 0 Å². The van der Waals surface area contributed by atoms with Crippen LogP contribution in [-0.4, -0.2) is 9.97 Å². The average Bonchev–Trinajstić information content (AvgIpc) is 2.39. The Hall–Kier alpha value is -1.74. The normalized spacial score (nSPS) is 12.4. The van der Waals surface area contributed by atoms with Crippen molar-refractivity contribution in [3.05, 3.63) is 59.7 Å². The molecule has 1 N–H and O–H groups in total. The highest BCUT2D eigenvalue weighted by Gasteiger charge is 2.04. The molecule has 0 aliphatic rings. The van der Waals surface area contributed by atoms with Crippen molar-refractivity contribution < 1.29 is 0 Å². The molecule has 3 heteroatoms. The van der Waals surface area contributed by atoms with E-state index in [0.717, 1.165) is 12.2 Å². The number of hydrogen-bond acceptors (Lipinski definition) is 3. The highest BCUT2D eigenvalue weighted by Crippen LogP contribution is 2.10. The van der Waals surface area contributed by atoms with Gasteiger partial charge in [-0.2, -0.15) is 0 Å². The van der Waals surface area contributed by atoms with Crippen LogP contribution >= 0.6 is 0 Å². The Kier molecular flexibility index (Phi) is 3.83. The van der Waals surface area contributed by atoms with Gasteiger partial charge in [0, 0.05) is 31.2 Å². The molecule has 0 aromatic carbocycles. The number of rotatable bonds is 4. The standard InChI is InChI=1S/C14H17N3/c1-11-3-4-14(17-9-11)10-16-12(2)13-5-7-15-8-6-13/h3-9,12,16H,10H2,1-2H3/t12-/m0/s1. The highest BCUT2D eigenvalue weighted by atomic mass is 14.9. The summed E-state index contributed by atoms with van der Waals surface area (Å²) in [7, 11) is 0. The van der Waals surface area contributed by atoms with E-state index in [1.165, 1.54) is 11.1 Å². The lowest BCUT2D eigenvalue weighted by Gasteiger charge is -2.13. The molecule has 0 aliphatic carbocycles. The summed E-state index contributed by atoms with van der Waals surface area (Å²) < 4.78 is 0. The Labute approximate surface area is 102 Å². The van der Waals surface area contributed by atoms with E-state index in [9.17, 15) is 0 Å². The second-order valence-corrected chi connectivity index (χ2v) is 4.21. The van der Waals surface area contributed by atoms with Crippen molar-refractivity contribution >= 4 is 0 Å². The molecule has 0 amide bonds. The molecule has 0 bridgehead atoms. The van der Waals surface area contributed by atoms with Crippen molar-refractivity contribution in [3.8, 4) is 0 Å². The molecule has 17 heavy (non-hydrogen) atoms. The molecular formula is C14H17N3. The Balaban J connectivity index is 1.92. The maximum atomic E-state index is 4.37. The van der Waals surface area contributed by atoms with Crippen molar-refractivity contribution in [2.45, 2.75) is 26.4 Å². The Morgan fingerprint density at radius 2 is 1.94 bits per heavy atom. The van der Waals surface area contributed by atoms with Crippen LogP contribution in [0.5, 0.6) is 0 Å². The van der Waals surface area contributed by atoms with E-state index >= 15 is 0 Å². The van der Waals surface area contributed by atoms with Crippen molar-refractivity contribution in [1.82, 2.24) is 15.3 Å².